The van der Waals surface area contributed by atoms with E-state index in [1.165, 1.54) is 137 Å². The van der Waals surface area contributed by atoms with E-state index in [0.717, 1.165) is 24.6 Å². The average Bonchev–Trinajstić information content (AvgIpc) is 3.23. The number of rotatable bonds is 10. The largest absolute Gasteiger partial charge is 3.00 e. The van der Waals surface area contributed by atoms with Crippen molar-refractivity contribution in [3.63, 3.8) is 0 Å². The molecule has 0 saturated heterocycles. The number of hydrogen-bond donors (Lipinski definition) is 2. The minimum atomic E-state index is -0.468. The fraction of sp³-hybridized carbons (Fsp3) is 0.619. The monoisotopic (exact) mass is 776 g/mol. The van der Waals surface area contributed by atoms with Gasteiger partial charge in [0.15, 0.2) is 0 Å². The van der Waals surface area contributed by atoms with Gasteiger partial charge in [-0.05, 0) is 57.3 Å². The standard InChI is InChI=1S/C24H37B.C5H6N.C5H11.2C4H7N2O2.Co/c1-5-13-21(14-6-1)25(22-15-7-2-8-16-22,23-17-9-3-10-18-23)24-19-11-4-12-20-24;1-2-4-6-5-3-1;1-3-5-4-2;2*1-3(5-7)4(2)6-8;/h1,5-6,13-14,22-23H,2-4,7-12,15-20H2;1-4H,5H2;1,3-5H2,2H3;2*5H,1-2H3;/q;4*-1;+3/b;;;2*4-3-;. The van der Waals surface area contributed by atoms with Crippen molar-refractivity contribution in [3.05, 3.63) is 116 Å². The van der Waals surface area contributed by atoms with E-state index in [4.69, 9.17) is 0 Å². The molecule has 5 rings (SSSR count). The number of unbranched alkanes of at least 4 members (excludes halogenated alkanes) is 2. The Kier molecular flexibility index (Phi) is 29.8. The van der Waals surface area contributed by atoms with Gasteiger partial charge < -0.3 is 33.6 Å². The van der Waals surface area contributed by atoms with Crippen molar-refractivity contribution in [2.75, 3.05) is 6.54 Å². The Morgan fingerprint density at radius 3 is 1.55 bits per heavy atom. The maximum atomic E-state index is 9.72. The van der Waals surface area contributed by atoms with E-state index in [-0.39, 0.29) is 39.6 Å². The Morgan fingerprint density at radius 2 is 1.26 bits per heavy atom. The van der Waals surface area contributed by atoms with Crippen LogP contribution in [0.4, 0.5) is 0 Å². The van der Waals surface area contributed by atoms with Gasteiger partial charge in [-0.15, -0.1) is 39.9 Å². The summed E-state index contributed by atoms with van der Waals surface area (Å²) in [6.45, 7) is 12.6. The van der Waals surface area contributed by atoms with Crippen molar-refractivity contribution >= 4 is 11.6 Å². The summed E-state index contributed by atoms with van der Waals surface area (Å²) < 4.78 is 0. The minimum absolute atomic E-state index is 0. The molecule has 9 nitrogen and oxygen atoms in total. The van der Waals surface area contributed by atoms with Gasteiger partial charge in [0.25, 0.3) is 0 Å². The molecule has 0 spiro atoms. The summed E-state index contributed by atoms with van der Waals surface area (Å²) in [4.78, 5) is 19.2. The number of allylic oxidation sites excluding steroid dienone is 6. The summed E-state index contributed by atoms with van der Waals surface area (Å²) in [5, 5.41) is 28.4. The maximum absolute atomic E-state index is 9.72. The Bertz CT molecular complexity index is 1120. The second-order valence-electron chi connectivity index (χ2n) is 14.6. The molecule has 0 bridgehead atoms. The molecule has 3 aliphatic carbocycles. The quantitative estimate of drug-likeness (QED) is 0.105. The zero-order valence-corrected chi connectivity index (χ0v) is 34.4. The van der Waals surface area contributed by atoms with E-state index >= 15 is 0 Å². The Hall–Kier alpha value is -2.86. The average molecular weight is 777 g/mol. The molecule has 0 radical (unpaired) electrons. The molecule has 0 unspecified atom stereocenters. The third-order valence-corrected chi connectivity index (χ3v) is 11.2. The maximum Gasteiger partial charge on any atom is 3.00 e. The van der Waals surface area contributed by atoms with Crippen LogP contribution in [0.25, 0.3) is 5.32 Å². The van der Waals surface area contributed by atoms with Crippen LogP contribution in [-0.2, 0) is 16.8 Å². The summed E-state index contributed by atoms with van der Waals surface area (Å²) >= 11 is 0. The first-order chi connectivity index (χ1) is 25.3. The molecule has 0 aromatic heterocycles. The molecule has 1 aliphatic heterocycles. The molecule has 2 N–H and O–H groups in total. The first kappa shape index (κ1) is 50.1. The number of benzene rings is 1. The first-order valence-electron chi connectivity index (χ1n) is 19.9. The summed E-state index contributed by atoms with van der Waals surface area (Å²) in [6, 6.07) is 12.0. The van der Waals surface area contributed by atoms with E-state index in [9.17, 15) is 20.2 Å². The molecule has 0 amide bonds. The molecule has 3 fully saturated rings. The molecular weight excluding hydrogens is 708 g/mol. The Balaban J connectivity index is 0.000000791. The summed E-state index contributed by atoms with van der Waals surface area (Å²) in [6.07, 6.45) is 33.2. The molecule has 1 heterocycles. The van der Waals surface area contributed by atoms with Crippen LogP contribution < -0.4 is 16.4 Å². The molecule has 53 heavy (non-hydrogen) atoms. The second kappa shape index (κ2) is 31.5. The van der Waals surface area contributed by atoms with Crippen molar-refractivity contribution < 1.29 is 16.8 Å². The fourth-order valence-corrected chi connectivity index (χ4v) is 8.31. The minimum Gasteiger partial charge on any atom is -0.761 e. The zero-order valence-electron chi connectivity index (χ0n) is 33.4. The van der Waals surface area contributed by atoms with Crippen LogP contribution >= 0.6 is 0 Å². The van der Waals surface area contributed by atoms with Gasteiger partial charge in [-0.1, -0.05) is 126 Å². The molecular formula is C42H68BCoN5O4-. The number of nitroso groups, excluding NO2 is 2. The summed E-state index contributed by atoms with van der Waals surface area (Å²) in [7, 11) is 0. The molecule has 3 saturated carbocycles. The Morgan fingerprint density at radius 1 is 0.792 bits per heavy atom. The zero-order chi connectivity index (χ0) is 38.5. The fourth-order valence-electron chi connectivity index (χ4n) is 8.31. The summed E-state index contributed by atoms with van der Waals surface area (Å²) in [5.41, 5.74) is 5.78. The van der Waals surface area contributed by atoms with Crippen molar-refractivity contribution in [1.82, 2.24) is 11.0 Å². The smallest absolute Gasteiger partial charge is 0.761 e. The third kappa shape index (κ3) is 18.4. The van der Waals surface area contributed by atoms with Gasteiger partial charge in [0, 0.05) is 24.2 Å². The molecule has 1 aromatic carbocycles. The predicted molar refractivity (Wildman–Crippen MR) is 225 cm³/mol. The van der Waals surface area contributed by atoms with Crippen LogP contribution in [0, 0.1) is 33.0 Å². The van der Waals surface area contributed by atoms with Crippen molar-refractivity contribution in [3.8, 4) is 0 Å². The van der Waals surface area contributed by atoms with E-state index in [1.54, 1.807) is 22.6 Å². The van der Waals surface area contributed by atoms with Crippen LogP contribution in [0.1, 0.15) is 150 Å². The summed E-state index contributed by atoms with van der Waals surface area (Å²) in [5.74, 6) is 4.00. The van der Waals surface area contributed by atoms with Crippen LogP contribution in [0.3, 0.4) is 0 Å². The normalized spacial score (nSPS) is 18.0. The van der Waals surface area contributed by atoms with Crippen molar-refractivity contribution in [2.45, 2.75) is 162 Å². The number of hydroxylamine groups is 2. The Labute approximate surface area is 332 Å². The van der Waals surface area contributed by atoms with Crippen molar-refractivity contribution in [1.29, 1.82) is 0 Å². The molecule has 11 heteroatoms. The SMILES string of the molecule is C/C(N=O)=C(\C)N[O-].C/C(N=O)=C(\C)N[O-].C1=CC[N-]C=C1.[CH2-]CCCC.[Co+3].c1ccc([B-]([C+]2CCCCC2)(C2CCCCC2)C2CCCCC2)cc1. The van der Waals surface area contributed by atoms with E-state index in [1.807, 2.05) is 24.0 Å². The van der Waals surface area contributed by atoms with Crippen LogP contribution in [-0.4, -0.2) is 12.7 Å². The van der Waals surface area contributed by atoms with Gasteiger partial charge in [0.1, 0.15) is 0 Å². The van der Waals surface area contributed by atoms with Crippen LogP contribution in [0.15, 0.2) is 87.9 Å². The van der Waals surface area contributed by atoms with Gasteiger partial charge >= 0.3 is 16.8 Å². The molecule has 4 aliphatic rings. The van der Waals surface area contributed by atoms with Gasteiger partial charge in [0.05, 0.1) is 11.4 Å². The predicted octanol–water partition coefficient (Wildman–Crippen LogP) is 12.7. The molecule has 298 valence electrons. The van der Waals surface area contributed by atoms with E-state index < -0.39 is 6.15 Å². The van der Waals surface area contributed by atoms with Gasteiger partial charge in [0.2, 0.25) is 6.15 Å². The van der Waals surface area contributed by atoms with Crippen molar-refractivity contribution in [2.24, 2.45) is 10.4 Å². The first-order valence-corrected chi connectivity index (χ1v) is 19.9. The topological polar surface area (TPSA) is 143 Å². The second-order valence-corrected chi connectivity index (χ2v) is 14.6. The number of nitrogens with one attached hydrogen (secondary N) is 2. The van der Waals surface area contributed by atoms with Gasteiger partial charge in [-0.25, -0.2) is 0 Å². The number of hydrogen-bond acceptors (Lipinski definition) is 8. The van der Waals surface area contributed by atoms with Crippen LogP contribution in [0.2, 0.25) is 11.6 Å². The number of nitrogens with zero attached hydrogens (tertiary/aromatic N) is 3. The van der Waals surface area contributed by atoms with Gasteiger partial charge in [-0.3, -0.25) is 0 Å². The molecule has 0 atom stereocenters. The van der Waals surface area contributed by atoms with Crippen LogP contribution in [0.5, 0.6) is 0 Å². The van der Waals surface area contributed by atoms with E-state index in [0.29, 0.717) is 0 Å². The van der Waals surface area contributed by atoms with E-state index in [2.05, 4.69) is 59.8 Å². The van der Waals surface area contributed by atoms with Gasteiger partial charge in [-0.2, -0.15) is 18.1 Å². The third-order valence-electron chi connectivity index (χ3n) is 11.2. The molecule has 1 aromatic rings.